The Bertz CT molecular complexity index is 438. The van der Waals surface area contributed by atoms with E-state index in [1.54, 1.807) is 18.4 Å². The van der Waals surface area contributed by atoms with Gasteiger partial charge in [0.25, 0.3) is 0 Å². The molecule has 0 spiro atoms. The summed E-state index contributed by atoms with van der Waals surface area (Å²) in [5.41, 5.74) is 1.32. The summed E-state index contributed by atoms with van der Waals surface area (Å²) in [7, 11) is 1.73. The first-order chi connectivity index (χ1) is 8.38. The lowest BCUT2D eigenvalue weighted by atomic mass is 10.2. The van der Waals surface area contributed by atoms with Crippen molar-refractivity contribution < 1.29 is 4.74 Å². The second kappa shape index (κ2) is 6.55. The van der Waals surface area contributed by atoms with Crippen molar-refractivity contribution in [3.05, 3.63) is 57.8 Å². The maximum atomic E-state index is 5.11. The van der Waals surface area contributed by atoms with Crippen molar-refractivity contribution in [2.24, 2.45) is 0 Å². The van der Waals surface area contributed by atoms with Gasteiger partial charge in [-0.05, 0) is 17.7 Å². The fraction of sp³-hybridized carbons (Fsp3) is 0.286. The fourth-order valence-corrected chi connectivity index (χ4v) is 2.62. The van der Waals surface area contributed by atoms with Gasteiger partial charge in [-0.25, -0.2) is 0 Å². The molecule has 0 aliphatic heterocycles. The van der Waals surface area contributed by atoms with Gasteiger partial charge in [0, 0.05) is 30.0 Å². The first-order valence-corrected chi connectivity index (χ1v) is 6.51. The maximum absolute atomic E-state index is 5.11. The Morgan fingerprint density at radius 1 is 1.00 bits per heavy atom. The maximum Gasteiger partial charge on any atom is 0.0805 e. The van der Waals surface area contributed by atoms with Crippen molar-refractivity contribution in [2.75, 3.05) is 7.11 Å². The van der Waals surface area contributed by atoms with Crippen LogP contribution in [0.4, 0.5) is 0 Å². The minimum Gasteiger partial charge on any atom is -0.379 e. The molecule has 0 saturated carbocycles. The lowest BCUT2D eigenvalue weighted by Crippen LogP contribution is -2.11. The summed E-state index contributed by atoms with van der Waals surface area (Å²) in [6, 6.07) is 14.7. The third-order valence-corrected chi connectivity index (χ3v) is 3.53. The molecule has 0 radical (unpaired) electrons. The van der Waals surface area contributed by atoms with E-state index in [0.29, 0.717) is 6.61 Å². The molecule has 90 valence electrons. The molecule has 2 aromatic rings. The highest BCUT2D eigenvalue weighted by atomic mass is 32.1. The molecule has 1 N–H and O–H groups in total. The van der Waals surface area contributed by atoms with Crippen molar-refractivity contribution in [1.29, 1.82) is 0 Å². The van der Waals surface area contributed by atoms with E-state index >= 15 is 0 Å². The fourth-order valence-electron chi connectivity index (χ4n) is 1.66. The van der Waals surface area contributed by atoms with Crippen molar-refractivity contribution in [3.8, 4) is 0 Å². The molecule has 1 aromatic carbocycles. The molecule has 17 heavy (non-hydrogen) atoms. The number of thiophene rings is 1. The summed E-state index contributed by atoms with van der Waals surface area (Å²) in [4.78, 5) is 2.64. The van der Waals surface area contributed by atoms with Crippen molar-refractivity contribution >= 4 is 11.3 Å². The van der Waals surface area contributed by atoms with Crippen LogP contribution in [0.1, 0.15) is 15.3 Å². The molecule has 0 saturated heterocycles. The second-order valence-corrected chi connectivity index (χ2v) is 5.14. The third kappa shape index (κ3) is 3.97. The first-order valence-electron chi connectivity index (χ1n) is 5.69. The Balaban J connectivity index is 1.78. The van der Waals surface area contributed by atoms with E-state index in [9.17, 15) is 0 Å². The quantitative estimate of drug-likeness (QED) is 0.846. The Morgan fingerprint density at radius 3 is 2.53 bits per heavy atom. The number of hydrogen-bond donors (Lipinski definition) is 1. The van der Waals surface area contributed by atoms with Crippen LogP contribution >= 0.6 is 11.3 Å². The summed E-state index contributed by atoms with van der Waals surface area (Å²) in [6.07, 6.45) is 0. The molecule has 1 heterocycles. The van der Waals surface area contributed by atoms with Crippen LogP contribution in [-0.2, 0) is 24.4 Å². The minimum atomic E-state index is 0.712. The average molecular weight is 247 g/mol. The highest BCUT2D eigenvalue weighted by Crippen LogP contribution is 2.17. The summed E-state index contributed by atoms with van der Waals surface area (Å²) in [5, 5.41) is 3.44. The van der Waals surface area contributed by atoms with Gasteiger partial charge in [-0.1, -0.05) is 30.3 Å². The van der Waals surface area contributed by atoms with E-state index in [0.717, 1.165) is 13.1 Å². The van der Waals surface area contributed by atoms with Gasteiger partial charge < -0.3 is 10.1 Å². The van der Waals surface area contributed by atoms with E-state index in [-0.39, 0.29) is 0 Å². The van der Waals surface area contributed by atoms with E-state index in [1.807, 2.05) is 6.07 Å². The summed E-state index contributed by atoms with van der Waals surface area (Å²) < 4.78 is 5.11. The van der Waals surface area contributed by atoms with Gasteiger partial charge in [0.2, 0.25) is 0 Å². The van der Waals surface area contributed by atoms with Gasteiger partial charge in [-0.3, -0.25) is 0 Å². The van der Waals surface area contributed by atoms with Crippen LogP contribution in [0, 0.1) is 0 Å². The van der Waals surface area contributed by atoms with Gasteiger partial charge in [0.05, 0.1) is 6.61 Å². The SMILES string of the molecule is COCc1ccc(CNCc2ccccc2)s1. The molecule has 0 aliphatic carbocycles. The zero-order valence-electron chi connectivity index (χ0n) is 9.98. The number of benzene rings is 1. The second-order valence-electron chi connectivity index (χ2n) is 3.89. The average Bonchev–Trinajstić information content (AvgIpc) is 2.79. The molecule has 3 heteroatoms. The number of rotatable bonds is 6. The van der Waals surface area contributed by atoms with Crippen LogP contribution in [0.2, 0.25) is 0 Å². The van der Waals surface area contributed by atoms with Crippen LogP contribution in [0.25, 0.3) is 0 Å². The van der Waals surface area contributed by atoms with Crippen LogP contribution in [0.3, 0.4) is 0 Å². The highest BCUT2D eigenvalue weighted by Gasteiger charge is 1.99. The van der Waals surface area contributed by atoms with E-state index in [2.05, 4.69) is 41.7 Å². The van der Waals surface area contributed by atoms with Crippen molar-refractivity contribution in [1.82, 2.24) is 5.32 Å². The predicted octanol–water partition coefficient (Wildman–Crippen LogP) is 3.18. The van der Waals surface area contributed by atoms with Gasteiger partial charge in [-0.15, -0.1) is 11.3 Å². The number of methoxy groups -OCH3 is 1. The molecule has 0 fully saturated rings. The zero-order chi connectivity index (χ0) is 11.9. The standard InChI is InChI=1S/C14H17NOS/c1-16-11-14-8-7-13(17-14)10-15-9-12-5-3-2-4-6-12/h2-8,15H,9-11H2,1H3. The van der Waals surface area contributed by atoms with Gasteiger partial charge in [0.1, 0.15) is 0 Å². The normalized spacial score (nSPS) is 10.6. The van der Waals surface area contributed by atoms with Crippen LogP contribution < -0.4 is 5.32 Å². The molecule has 0 aliphatic rings. The summed E-state index contributed by atoms with van der Waals surface area (Å²) in [6.45, 7) is 2.55. The zero-order valence-corrected chi connectivity index (χ0v) is 10.8. The lowest BCUT2D eigenvalue weighted by Gasteiger charge is -2.02. The summed E-state index contributed by atoms with van der Waals surface area (Å²) in [5.74, 6) is 0. The molecule has 0 atom stereocenters. The lowest BCUT2D eigenvalue weighted by molar-refractivity contribution is 0.187. The smallest absolute Gasteiger partial charge is 0.0805 e. The van der Waals surface area contributed by atoms with Crippen molar-refractivity contribution in [3.63, 3.8) is 0 Å². The highest BCUT2D eigenvalue weighted by molar-refractivity contribution is 7.11. The molecular weight excluding hydrogens is 230 g/mol. The van der Waals surface area contributed by atoms with Gasteiger partial charge in [-0.2, -0.15) is 0 Å². The predicted molar refractivity (Wildman–Crippen MR) is 72.0 cm³/mol. The molecule has 2 rings (SSSR count). The number of hydrogen-bond acceptors (Lipinski definition) is 3. The first kappa shape index (κ1) is 12.3. The van der Waals surface area contributed by atoms with E-state index in [4.69, 9.17) is 4.74 Å². The largest absolute Gasteiger partial charge is 0.379 e. The monoisotopic (exact) mass is 247 g/mol. The summed E-state index contributed by atoms with van der Waals surface area (Å²) >= 11 is 1.81. The Morgan fingerprint density at radius 2 is 1.76 bits per heavy atom. The number of nitrogens with one attached hydrogen (secondary N) is 1. The Labute approximate surface area is 106 Å². The van der Waals surface area contributed by atoms with Gasteiger partial charge in [0.15, 0.2) is 0 Å². The molecule has 0 bridgehead atoms. The van der Waals surface area contributed by atoms with Crippen molar-refractivity contribution in [2.45, 2.75) is 19.7 Å². The van der Waals surface area contributed by atoms with E-state index in [1.165, 1.54) is 15.3 Å². The molecule has 1 aromatic heterocycles. The van der Waals surface area contributed by atoms with E-state index < -0.39 is 0 Å². The Kier molecular flexibility index (Phi) is 4.74. The van der Waals surface area contributed by atoms with Crippen LogP contribution in [-0.4, -0.2) is 7.11 Å². The van der Waals surface area contributed by atoms with Gasteiger partial charge >= 0.3 is 0 Å². The molecule has 2 nitrogen and oxygen atoms in total. The van der Waals surface area contributed by atoms with Crippen LogP contribution in [0.5, 0.6) is 0 Å². The number of ether oxygens (including phenoxy) is 1. The molecule has 0 amide bonds. The topological polar surface area (TPSA) is 21.3 Å². The third-order valence-electron chi connectivity index (χ3n) is 2.48. The molecule has 0 unspecified atom stereocenters. The van der Waals surface area contributed by atoms with Crippen LogP contribution in [0.15, 0.2) is 42.5 Å². The Hall–Kier alpha value is -1.16. The minimum absolute atomic E-state index is 0.712. The molecular formula is C14H17NOS.